The summed E-state index contributed by atoms with van der Waals surface area (Å²) in [6.07, 6.45) is 8.97. The lowest BCUT2D eigenvalue weighted by atomic mass is 9.63. The zero-order chi connectivity index (χ0) is 9.43. The Balaban J connectivity index is 1.34. The minimum absolute atomic E-state index is 0.609. The number of hydrogen-bond acceptors (Lipinski definition) is 2. The van der Waals surface area contributed by atoms with Crippen LogP contribution in [0.25, 0.3) is 0 Å². The lowest BCUT2D eigenvalue weighted by molar-refractivity contribution is -0.110. The molecule has 0 aromatic rings. The van der Waals surface area contributed by atoms with E-state index in [0.29, 0.717) is 11.5 Å². The molecule has 2 nitrogen and oxygen atoms in total. The third-order valence-corrected chi connectivity index (χ3v) is 4.36. The molecular weight excluding hydrogens is 174 g/mol. The molecule has 1 aliphatic heterocycles. The van der Waals surface area contributed by atoms with E-state index in [-0.39, 0.29) is 0 Å². The minimum Gasteiger partial charge on any atom is -0.378 e. The summed E-state index contributed by atoms with van der Waals surface area (Å²) in [5.41, 5.74) is 0.681. The summed E-state index contributed by atoms with van der Waals surface area (Å²) in [6.45, 7) is 3.54. The number of rotatable bonds is 3. The average Bonchev–Trinajstić information content (AvgIpc) is 2.50. The van der Waals surface area contributed by atoms with Crippen molar-refractivity contribution in [1.82, 2.24) is 5.32 Å². The van der Waals surface area contributed by atoms with Gasteiger partial charge in [-0.15, -0.1) is 0 Å². The quantitative estimate of drug-likeness (QED) is 0.743. The predicted molar refractivity (Wildman–Crippen MR) is 56.2 cm³/mol. The Morgan fingerprint density at radius 1 is 1.14 bits per heavy atom. The van der Waals surface area contributed by atoms with Gasteiger partial charge in [0, 0.05) is 25.1 Å². The van der Waals surface area contributed by atoms with Gasteiger partial charge in [0.15, 0.2) is 0 Å². The molecule has 0 unspecified atom stereocenters. The van der Waals surface area contributed by atoms with Gasteiger partial charge in [-0.05, 0) is 31.6 Å². The van der Waals surface area contributed by atoms with Gasteiger partial charge < -0.3 is 10.1 Å². The van der Waals surface area contributed by atoms with E-state index in [0.717, 1.165) is 12.5 Å². The van der Waals surface area contributed by atoms with Crippen molar-refractivity contribution < 1.29 is 4.74 Å². The van der Waals surface area contributed by atoms with E-state index in [1.165, 1.54) is 51.6 Å². The summed E-state index contributed by atoms with van der Waals surface area (Å²) >= 11 is 0. The van der Waals surface area contributed by atoms with E-state index in [1.54, 1.807) is 0 Å². The van der Waals surface area contributed by atoms with E-state index in [4.69, 9.17) is 4.74 Å². The summed E-state index contributed by atoms with van der Waals surface area (Å²) in [6, 6.07) is 0. The fraction of sp³-hybridized carbons (Fsp3) is 1.00. The number of nitrogens with one attached hydrogen (secondary N) is 1. The molecule has 0 bridgehead atoms. The third kappa shape index (κ3) is 1.59. The summed E-state index contributed by atoms with van der Waals surface area (Å²) in [5, 5.41) is 3.37. The van der Waals surface area contributed by atoms with Crippen molar-refractivity contribution >= 4 is 0 Å². The average molecular weight is 195 g/mol. The molecule has 0 aromatic heterocycles. The number of hydrogen-bond donors (Lipinski definition) is 1. The molecule has 3 aliphatic rings. The van der Waals surface area contributed by atoms with Crippen LogP contribution < -0.4 is 5.32 Å². The van der Waals surface area contributed by atoms with Crippen LogP contribution in [0, 0.1) is 11.3 Å². The van der Waals surface area contributed by atoms with Crippen LogP contribution in [0.3, 0.4) is 0 Å². The Hall–Kier alpha value is -0.0800. The van der Waals surface area contributed by atoms with Crippen molar-refractivity contribution in [3.63, 3.8) is 0 Å². The van der Waals surface area contributed by atoms with Crippen LogP contribution in [0.15, 0.2) is 0 Å². The first-order valence-electron chi connectivity index (χ1n) is 6.19. The zero-order valence-electron chi connectivity index (χ0n) is 8.93. The van der Waals surface area contributed by atoms with Gasteiger partial charge in [0.05, 0.1) is 6.10 Å². The standard InChI is InChI=1S/C12H21NO/c1-2-4-10(3-1)7-14-11-5-12(6-11)8-13-9-12/h10-11,13H,1-9H2. The molecule has 3 fully saturated rings. The molecule has 0 radical (unpaired) electrons. The highest BCUT2D eigenvalue weighted by molar-refractivity contribution is 5.03. The fourth-order valence-electron chi connectivity index (χ4n) is 3.24. The molecule has 1 heterocycles. The molecule has 80 valence electrons. The van der Waals surface area contributed by atoms with Crippen molar-refractivity contribution in [2.75, 3.05) is 19.7 Å². The molecule has 2 saturated carbocycles. The maximum atomic E-state index is 5.97. The predicted octanol–water partition coefficient (Wildman–Crippen LogP) is 1.95. The lowest BCUT2D eigenvalue weighted by Gasteiger charge is -2.54. The van der Waals surface area contributed by atoms with Crippen LogP contribution in [-0.2, 0) is 4.74 Å². The third-order valence-electron chi connectivity index (χ3n) is 4.36. The first-order valence-corrected chi connectivity index (χ1v) is 6.19. The second kappa shape index (κ2) is 3.49. The lowest BCUT2D eigenvalue weighted by Crippen LogP contribution is -2.62. The van der Waals surface area contributed by atoms with Gasteiger partial charge in [0.25, 0.3) is 0 Å². The van der Waals surface area contributed by atoms with E-state index >= 15 is 0 Å². The zero-order valence-corrected chi connectivity index (χ0v) is 8.93. The van der Waals surface area contributed by atoms with Crippen molar-refractivity contribution in [2.45, 2.75) is 44.6 Å². The maximum absolute atomic E-state index is 5.97. The van der Waals surface area contributed by atoms with E-state index < -0.39 is 0 Å². The van der Waals surface area contributed by atoms with Gasteiger partial charge in [0.2, 0.25) is 0 Å². The highest BCUT2D eigenvalue weighted by Gasteiger charge is 2.48. The van der Waals surface area contributed by atoms with Crippen LogP contribution in [0.1, 0.15) is 38.5 Å². The van der Waals surface area contributed by atoms with E-state index in [9.17, 15) is 0 Å². The summed E-state index contributed by atoms with van der Waals surface area (Å²) in [7, 11) is 0. The van der Waals surface area contributed by atoms with Crippen LogP contribution in [-0.4, -0.2) is 25.8 Å². The first-order chi connectivity index (χ1) is 6.86. The van der Waals surface area contributed by atoms with Gasteiger partial charge in [-0.2, -0.15) is 0 Å². The van der Waals surface area contributed by atoms with Gasteiger partial charge in [-0.1, -0.05) is 12.8 Å². The number of ether oxygens (including phenoxy) is 1. The second-order valence-electron chi connectivity index (χ2n) is 5.62. The van der Waals surface area contributed by atoms with Crippen molar-refractivity contribution in [3.8, 4) is 0 Å². The second-order valence-corrected chi connectivity index (χ2v) is 5.62. The Bertz CT molecular complexity index is 198. The van der Waals surface area contributed by atoms with Crippen molar-refractivity contribution in [2.24, 2.45) is 11.3 Å². The summed E-state index contributed by atoms with van der Waals surface area (Å²) < 4.78 is 5.97. The monoisotopic (exact) mass is 195 g/mol. The molecule has 1 spiro atoms. The van der Waals surface area contributed by atoms with Crippen LogP contribution in [0.2, 0.25) is 0 Å². The van der Waals surface area contributed by atoms with E-state index in [1.807, 2.05) is 0 Å². The molecule has 1 N–H and O–H groups in total. The summed E-state index contributed by atoms with van der Waals surface area (Å²) in [5.74, 6) is 0.895. The Morgan fingerprint density at radius 2 is 1.86 bits per heavy atom. The molecule has 2 aliphatic carbocycles. The van der Waals surface area contributed by atoms with E-state index in [2.05, 4.69) is 5.32 Å². The van der Waals surface area contributed by atoms with Gasteiger partial charge in [-0.25, -0.2) is 0 Å². The smallest absolute Gasteiger partial charge is 0.0587 e. The molecule has 0 aromatic carbocycles. The normalized spacial score (nSPS) is 31.7. The minimum atomic E-state index is 0.609. The molecule has 3 rings (SSSR count). The largest absolute Gasteiger partial charge is 0.378 e. The van der Waals surface area contributed by atoms with Gasteiger partial charge in [-0.3, -0.25) is 0 Å². The molecule has 2 heteroatoms. The molecule has 1 saturated heterocycles. The highest BCUT2D eigenvalue weighted by Crippen LogP contribution is 2.45. The maximum Gasteiger partial charge on any atom is 0.0587 e. The van der Waals surface area contributed by atoms with Crippen LogP contribution in [0.4, 0.5) is 0 Å². The van der Waals surface area contributed by atoms with Crippen LogP contribution in [0.5, 0.6) is 0 Å². The highest BCUT2D eigenvalue weighted by atomic mass is 16.5. The molecule has 0 amide bonds. The Kier molecular flexibility index (Phi) is 2.29. The molecule has 14 heavy (non-hydrogen) atoms. The molecular formula is C12H21NO. The van der Waals surface area contributed by atoms with Crippen molar-refractivity contribution in [3.05, 3.63) is 0 Å². The Morgan fingerprint density at radius 3 is 2.43 bits per heavy atom. The fourth-order valence-corrected chi connectivity index (χ4v) is 3.24. The topological polar surface area (TPSA) is 21.3 Å². The van der Waals surface area contributed by atoms with Gasteiger partial charge in [0.1, 0.15) is 0 Å². The van der Waals surface area contributed by atoms with Crippen LogP contribution >= 0.6 is 0 Å². The first kappa shape index (κ1) is 9.17. The van der Waals surface area contributed by atoms with Crippen molar-refractivity contribution in [1.29, 1.82) is 0 Å². The Labute approximate surface area is 86.4 Å². The van der Waals surface area contributed by atoms with Gasteiger partial charge >= 0.3 is 0 Å². The summed E-state index contributed by atoms with van der Waals surface area (Å²) in [4.78, 5) is 0. The SMILES string of the molecule is C1CCC(COC2CC3(CNC3)C2)C1. The molecule has 0 atom stereocenters.